The van der Waals surface area contributed by atoms with Gasteiger partial charge in [-0.1, -0.05) is 17.7 Å². The van der Waals surface area contributed by atoms with Crippen LogP contribution in [-0.2, 0) is 16.1 Å². The Morgan fingerprint density at radius 2 is 2.00 bits per heavy atom. The number of hydrogen-bond donors (Lipinski definition) is 3. The SMILES string of the molecule is COC[C@H](C)N[C@@H](C)C(=O)NCc1cc2c(Nc3cccc(Cl)c3F)ncnc2cc1OC. The minimum Gasteiger partial charge on any atom is -0.496 e. The molecule has 0 aliphatic rings. The van der Waals surface area contributed by atoms with Gasteiger partial charge in [0, 0.05) is 36.7 Å². The normalized spacial score (nSPS) is 12.9. The first-order valence-corrected chi connectivity index (χ1v) is 10.8. The highest BCUT2D eigenvalue weighted by atomic mass is 35.5. The first kappa shape index (κ1) is 24.6. The van der Waals surface area contributed by atoms with Crippen LogP contribution < -0.4 is 20.7 Å². The van der Waals surface area contributed by atoms with Gasteiger partial charge in [-0.25, -0.2) is 14.4 Å². The van der Waals surface area contributed by atoms with Crippen molar-refractivity contribution in [3.8, 4) is 5.75 Å². The van der Waals surface area contributed by atoms with Gasteiger partial charge in [0.2, 0.25) is 5.91 Å². The molecule has 1 aromatic heterocycles. The van der Waals surface area contributed by atoms with Crippen LogP contribution in [-0.4, -0.2) is 48.8 Å². The Morgan fingerprint density at radius 1 is 1.21 bits per heavy atom. The van der Waals surface area contributed by atoms with E-state index in [2.05, 4.69) is 25.9 Å². The third-order valence-corrected chi connectivity index (χ3v) is 5.33. The number of nitrogens with zero attached hydrogens (tertiary/aromatic N) is 2. The maximum atomic E-state index is 14.4. The largest absolute Gasteiger partial charge is 0.496 e. The number of hydrogen-bond acceptors (Lipinski definition) is 7. The van der Waals surface area contributed by atoms with Gasteiger partial charge in [0.1, 0.15) is 17.9 Å². The molecule has 3 rings (SSSR count). The molecule has 8 nitrogen and oxygen atoms in total. The highest BCUT2D eigenvalue weighted by Gasteiger charge is 2.17. The number of benzene rings is 2. The lowest BCUT2D eigenvalue weighted by Gasteiger charge is -2.19. The highest BCUT2D eigenvalue weighted by Crippen LogP contribution is 2.31. The summed E-state index contributed by atoms with van der Waals surface area (Å²) in [7, 11) is 3.16. The second-order valence-corrected chi connectivity index (χ2v) is 8.00. The number of aromatic nitrogens is 2. The number of carbonyl (C=O) groups is 1. The highest BCUT2D eigenvalue weighted by molar-refractivity contribution is 6.31. The van der Waals surface area contributed by atoms with Gasteiger partial charge in [0.15, 0.2) is 5.82 Å². The zero-order valence-corrected chi connectivity index (χ0v) is 19.7. The molecule has 0 aliphatic carbocycles. The molecule has 2 aromatic carbocycles. The summed E-state index contributed by atoms with van der Waals surface area (Å²) in [6.07, 6.45) is 1.38. The van der Waals surface area contributed by atoms with Gasteiger partial charge in [-0.2, -0.15) is 0 Å². The zero-order valence-electron chi connectivity index (χ0n) is 18.9. The average Bonchev–Trinajstić information content (AvgIpc) is 2.80. The number of nitrogens with one attached hydrogen (secondary N) is 3. The number of halogens is 2. The van der Waals surface area contributed by atoms with Crippen LogP contribution in [0.4, 0.5) is 15.9 Å². The molecule has 3 aromatic rings. The summed E-state index contributed by atoms with van der Waals surface area (Å²) >= 11 is 5.89. The number of carbonyl (C=O) groups excluding carboxylic acids is 1. The van der Waals surface area contributed by atoms with E-state index in [0.717, 1.165) is 5.56 Å². The molecule has 0 saturated carbocycles. The smallest absolute Gasteiger partial charge is 0.237 e. The lowest BCUT2D eigenvalue weighted by Crippen LogP contribution is -2.46. The summed E-state index contributed by atoms with van der Waals surface area (Å²) in [5, 5.41) is 9.71. The van der Waals surface area contributed by atoms with Crippen LogP contribution in [0.25, 0.3) is 10.9 Å². The maximum Gasteiger partial charge on any atom is 0.237 e. The monoisotopic (exact) mass is 475 g/mol. The van der Waals surface area contributed by atoms with E-state index in [1.807, 2.05) is 13.0 Å². The molecule has 0 aliphatic heterocycles. The Hall–Kier alpha value is -3.01. The third kappa shape index (κ3) is 6.07. The second-order valence-electron chi connectivity index (χ2n) is 7.59. The van der Waals surface area contributed by atoms with Crippen LogP contribution in [0.15, 0.2) is 36.7 Å². The Morgan fingerprint density at radius 3 is 2.73 bits per heavy atom. The summed E-state index contributed by atoms with van der Waals surface area (Å²) < 4.78 is 25.0. The molecule has 0 saturated heterocycles. The average molecular weight is 476 g/mol. The fourth-order valence-corrected chi connectivity index (χ4v) is 3.59. The van der Waals surface area contributed by atoms with Crippen LogP contribution in [0.5, 0.6) is 5.75 Å². The molecule has 10 heteroatoms. The summed E-state index contributed by atoms with van der Waals surface area (Å²) in [6, 6.07) is 7.86. The van der Waals surface area contributed by atoms with E-state index < -0.39 is 11.9 Å². The number of methoxy groups -OCH3 is 2. The van der Waals surface area contributed by atoms with Crippen molar-refractivity contribution in [2.24, 2.45) is 0 Å². The zero-order chi connectivity index (χ0) is 24.0. The van der Waals surface area contributed by atoms with Crippen molar-refractivity contribution < 1.29 is 18.7 Å². The predicted molar refractivity (Wildman–Crippen MR) is 127 cm³/mol. The van der Waals surface area contributed by atoms with Gasteiger partial charge in [0.05, 0.1) is 36.0 Å². The lowest BCUT2D eigenvalue weighted by atomic mass is 10.1. The Kier molecular flexibility index (Phi) is 8.37. The molecular weight excluding hydrogens is 449 g/mol. The van der Waals surface area contributed by atoms with E-state index in [9.17, 15) is 9.18 Å². The van der Waals surface area contributed by atoms with E-state index in [1.165, 1.54) is 12.4 Å². The first-order valence-electron chi connectivity index (χ1n) is 10.4. The lowest BCUT2D eigenvalue weighted by molar-refractivity contribution is -0.123. The van der Waals surface area contributed by atoms with Crippen molar-refractivity contribution in [1.29, 1.82) is 0 Å². The molecule has 0 bridgehead atoms. The maximum absolute atomic E-state index is 14.4. The molecular formula is C23H27ClFN5O3. The molecule has 0 unspecified atom stereocenters. The van der Waals surface area contributed by atoms with Crippen LogP contribution in [0, 0.1) is 5.82 Å². The number of fused-ring (bicyclic) bond motifs is 1. The van der Waals surface area contributed by atoms with Crippen molar-refractivity contribution in [1.82, 2.24) is 20.6 Å². The van der Waals surface area contributed by atoms with E-state index in [1.54, 1.807) is 39.3 Å². The van der Waals surface area contributed by atoms with Gasteiger partial charge in [-0.3, -0.25) is 4.79 Å². The minimum absolute atomic E-state index is 0.00554. The quantitative estimate of drug-likeness (QED) is 0.410. The van der Waals surface area contributed by atoms with Gasteiger partial charge >= 0.3 is 0 Å². The van der Waals surface area contributed by atoms with Gasteiger partial charge in [-0.15, -0.1) is 0 Å². The second kappa shape index (κ2) is 11.2. The summed E-state index contributed by atoms with van der Waals surface area (Å²) in [4.78, 5) is 21.1. The molecule has 176 valence electrons. The molecule has 0 radical (unpaired) electrons. The molecule has 0 spiro atoms. The third-order valence-electron chi connectivity index (χ3n) is 5.04. The van der Waals surface area contributed by atoms with E-state index in [0.29, 0.717) is 29.1 Å². The molecule has 1 amide bonds. The van der Waals surface area contributed by atoms with Crippen LogP contribution >= 0.6 is 11.6 Å². The molecule has 33 heavy (non-hydrogen) atoms. The summed E-state index contributed by atoms with van der Waals surface area (Å²) in [5.74, 6) is 0.231. The van der Waals surface area contributed by atoms with Gasteiger partial charge in [-0.05, 0) is 32.0 Å². The summed E-state index contributed by atoms with van der Waals surface area (Å²) in [6.45, 7) is 4.45. The molecule has 0 fully saturated rings. The number of ether oxygens (including phenoxy) is 2. The van der Waals surface area contributed by atoms with Crippen molar-refractivity contribution in [3.63, 3.8) is 0 Å². The fraction of sp³-hybridized carbons (Fsp3) is 0.348. The standard InChI is InChI=1S/C23H27ClFN5O3/c1-13(11-32-3)29-14(2)23(31)26-10-15-8-16-19(9-20(15)33-4)27-12-28-22(16)30-18-7-5-6-17(24)21(18)25/h5-9,12-14,29H,10-11H2,1-4H3,(H,26,31)(H,27,28,30)/t13-,14-/m0/s1. The number of anilines is 2. The number of rotatable bonds is 10. The van der Waals surface area contributed by atoms with E-state index in [-0.39, 0.29) is 29.2 Å². The van der Waals surface area contributed by atoms with Crippen molar-refractivity contribution in [3.05, 3.63) is 53.1 Å². The topological polar surface area (TPSA) is 97.4 Å². The molecule has 1 heterocycles. The first-order chi connectivity index (χ1) is 15.8. The van der Waals surface area contributed by atoms with E-state index in [4.69, 9.17) is 21.1 Å². The van der Waals surface area contributed by atoms with Crippen LogP contribution in [0.3, 0.4) is 0 Å². The predicted octanol–water partition coefficient (Wildman–Crippen LogP) is 3.80. The Labute approximate surface area is 196 Å². The Bertz CT molecular complexity index is 1130. The van der Waals surface area contributed by atoms with Crippen LogP contribution in [0.2, 0.25) is 5.02 Å². The van der Waals surface area contributed by atoms with E-state index >= 15 is 0 Å². The van der Waals surface area contributed by atoms with Crippen LogP contribution in [0.1, 0.15) is 19.4 Å². The van der Waals surface area contributed by atoms with Gasteiger partial charge < -0.3 is 25.4 Å². The van der Waals surface area contributed by atoms with Crippen molar-refractivity contribution >= 4 is 39.9 Å². The van der Waals surface area contributed by atoms with Crippen molar-refractivity contribution in [2.45, 2.75) is 32.5 Å². The molecule has 2 atom stereocenters. The Balaban J connectivity index is 1.84. The summed E-state index contributed by atoms with van der Waals surface area (Å²) in [5.41, 5.74) is 1.52. The molecule has 3 N–H and O–H groups in total. The fourth-order valence-electron chi connectivity index (χ4n) is 3.42. The van der Waals surface area contributed by atoms with Gasteiger partial charge in [0.25, 0.3) is 0 Å². The minimum atomic E-state index is -0.573. The number of amides is 1. The van der Waals surface area contributed by atoms with Crippen molar-refractivity contribution in [2.75, 3.05) is 26.1 Å².